The van der Waals surface area contributed by atoms with Gasteiger partial charge in [0.15, 0.2) is 0 Å². The van der Waals surface area contributed by atoms with Crippen molar-refractivity contribution in [3.63, 3.8) is 0 Å². The number of hydrogen-bond acceptors (Lipinski definition) is 5. The molecule has 124 valence electrons. The van der Waals surface area contributed by atoms with Crippen LogP contribution < -0.4 is 4.72 Å². The van der Waals surface area contributed by atoms with E-state index in [-0.39, 0.29) is 12.1 Å². The lowest BCUT2D eigenvalue weighted by Gasteiger charge is -2.22. The second kappa shape index (κ2) is 7.92. The second-order valence-corrected chi connectivity index (χ2v) is 7.23. The molecule has 1 amide bonds. The van der Waals surface area contributed by atoms with Gasteiger partial charge in [-0.15, -0.1) is 0 Å². The fourth-order valence-electron chi connectivity index (χ4n) is 2.06. The number of carbonyl (C=O) groups is 1. The van der Waals surface area contributed by atoms with Crippen LogP contribution in [-0.2, 0) is 14.9 Å². The van der Waals surface area contributed by atoms with Crippen LogP contribution in [0.1, 0.15) is 13.3 Å². The van der Waals surface area contributed by atoms with Crippen molar-refractivity contribution < 1.29 is 17.9 Å². The van der Waals surface area contributed by atoms with Crippen molar-refractivity contribution in [3.8, 4) is 0 Å². The van der Waals surface area contributed by atoms with Gasteiger partial charge in [0, 0.05) is 46.8 Å². The molecule has 8 nitrogen and oxygen atoms in total. The van der Waals surface area contributed by atoms with E-state index in [1.807, 2.05) is 0 Å². The molecule has 0 radical (unpaired) electrons. The summed E-state index contributed by atoms with van der Waals surface area (Å²) in [4.78, 5) is 15.1. The number of hydrogen-bond donors (Lipinski definition) is 1. The Morgan fingerprint density at radius 2 is 2.05 bits per heavy atom. The van der Waals surface area contributed by atoms with Gasteiger partial charge in [-0.1, -0.05) is 0 Å². The highest BCUT2D eigenvalue weighted by Crippen LogP contribution is 2.10. The Bertz CT molecular complexity index is 441. The van der Waals surface area contributed by atoms with Gasteiger partial charge in [0.05, 0.1) is 6.61 Å². The summed E-state index contributed by atoms with van der Waals surface area (Å²) in [6, 6.07) is -0.0784. The topological polar surface area (TPSA) is 82.2 Å². The first-order valence-corrected chi connectivity index (χ1v) is 8.50. The number of rotatable bonds is 7. The number of nitrogens with one attached hydrogen (secondary N) is 1. The monoisotopic (exact) mass is 322 g/mol. The average Bonchev–Trinajstić information content (AvgIpc) is 2.82. The molecule has 0 aromatic carbocycles. The smallest absolute Gasteiger partial charge is 0.409 e. The quantitative estimate of drug-likeness (QED) is 0.686. The Morgan fingerprint density at radius 1 is 1.38 bits per heavy atom. The van der Waals surface area contributed by atoms with Crippen molar-refractivity contribution in [2.24, 2.45) is 0 Å². The van der Waals surface area contributed by atoms with Crippen molar-refractivity contribution in [2.45, 2.75) is 19.4 Å². The molecule has 0 bridgehead atoms. The molecule has 1 N–H and O–H groups in total. The van der Waals surface area contributed by atoms with Crippen LogP contribution in [-0.4, -0.2) is 88.6 Å². The molecular formula is C12H26N4O4S. The minimum Gasteiger partial charge on any atom is -0.450 e. The predicted octanol–water partition coefficient (Wildman–Crippen LogP) is -0.455. The van der Waals surface area contributed by atoms with Crippen LogP contribution in [0, 0.1) is 0 Å². The summed E-state index contributed by atoms with van der Waals surface area (Å²) in [5, 5.41) is 0. The van der Waals surface area contributed by atoms with E-state index in [1.54, 1.807) is 14.0 Å². The first kappa shape index (κ1) is 18.1. The maximum Gasteiger partial charge on any atom is 0.409 e. The van der Waals surface area contributed by atoms with Gasteiger partial charge in [-0.2, -0.15) is 17.4 Å². The largest absolute Gasteiger partial charge is 0.450 e. The summed E-state index contributed by atoms with van der Waals surface area (Å²) in [7, 11) is 1.32. The number of likely N-dealkylation sites (tertiary alicyclic amines) is 1. The Morgan fingerprint density at radius 3 is 2.62 bits per heavy atom. The SMILES string of the molecule is CCOC(=O)N(C)CCN1CCC(NS(=O)(=O)N(C)C)C1. The van der Waals surface area contributed by atoms with Crippen molar-refractivity contribution in [1.29, 1.82) is 0 Å². The summed E-state index contributed by atoms with van der Waals surface area (Å²) >= 11 is 0. The normalized spacial score (nSPS) is 20.0. The molecule has 0 aliphatic carbocycles. The van der Waals surface area contributed by atoms with Gasteiger partial charge in [0.2, 0.25) is 0 Å². The zero-order valence-corrected chi connectivity index (χ0v) is 14.0. The molecule has 21 heavy (non-hydrogen) atoms. The summed E-state index contributed by atoms with van der Waals surface area (Å²) in [5.74, 6) is 0. The van der Waals surface area contributed by atoms with Crippen molar-refractivity contribution in [2.75, 3.05) is 53.9 Å². The molecule has 0 aromatic heterocycles. The minimum absolute atomic E-state index is 0.0784. The molecule has 1 atom stereocenters. The van der Waals surface area contributed by atoms with Crippen molar-refractivity contribution in [3.05, 3.63) is 0 Å². The molecule has 9 heteroatoms. The Hall–Kier alpha value is -0.900. The molecule has 1 rings (SSSR count). The lowest BCUT2D eigenvalue weighted by molar-refractivity contribution is 0.112. The highest BCUT2D eigenvalue weighted by molar-refractivity contribution is 7.87. The van der Waals surface area contributed by atoms with E-state index in [2.05, 4.69) is 9.62 Å². The number of nitrogens with zero attached hydrogens (tertiary/aromatic N) is 3. The molecule has 0 saturated carbocycles. The van der Waals surface area contributed by atoms with Gasteiger partial charge < -0.3 is 9.64 Å². The maximum atomic E-state index is 11.7. The fourth-order valence-corrected chi connectivity index (χ4v) is 2.89. The molecule has 0 spiro atoms. The number of carbonyl (C=O) groups excluding carboxylic acids is 1. The Balaban J connectivity index is 2.34. The van der Waals surface area contributed by atoms with Gasteiger partial charge in [0.25, 0.3) is 10.2 Å². The minimum atomic E-state index is -3.38. The molecule has 1 unspecified atom stereocenters. The fraction of sp³-hybridized carbons (Fsp3) is 0.917. The third-order valence-electron chi connectivity index (χ3n) is 3.40. The third kappa shape index (κ3) is 5.77. The predicted molar refractivity (Wildman–Crippen MR) is 80.2 cm³/mol. The van der Waals surface area contributed by atoms with Crippen LogP contribution in [0.3, 0.4) is 0 Å². The van der Waals surface area contributed by atoms with Crippen LogP contribution >= 0.6 is 0 Å². The van der Waals surface area contributed by atoms with Crippen LogP contribution in [0.2, 0.25) is 0 Å². The van der Waals surface area contributed by atoms with Crippen molar-refractivity contribution in [1.82, 2.24) is 18.8 Å². The number of ether oxygens (including phenoxy) is 1. The van der Waals surface area contributed by atoms with Crippen LogP contribution in [0.15, 0.2) is 0 Å². The standard InChI is InChI=1S/C12H26N4O4S/c1-5-20-12(17)15(4)8-9-16-7-6-11(10-16)13-21(18,19)14(2)3/h11,13H,5-10H2,1-4H3. The summed E-state index contributed by atoms with van der Waals surface area (Å²) in [6.45, 7) is 4.87. The third-order valence-corrected chi connectivity index (χ3v) is 4.99. The van der Waals surface area contributed by atoms with E-state index in [0.717, 1.165) is 13.0 Å². The highest BCUT2D eigenvalue weighted by atomic mass is 32.2. The molecular weight excluding hydrogens is 296 g/mol. The Labute approximate surface area is 127 Å². The molecule has 1 fully saturated rings. The van der Waals surface area contributed by atoms with Crippen LogP contribution in [0.25, 0.3) is 0 Å². The first-order chi connectivity index (χ1) is 9.76. The van der Waals surface area contributed by atoms with Gasteiger partial charge in [-0.3, -0.25) is 4.90 Å². The molecule has 1 aliphatic rings. The lowest BCUT2D eigenvalue weighted by atomic mass is 10.3. The zero-order chi connectivity index (χ0) is 16.0. The van der Waals surface area contributed by atoms with E-state index in [0.29, 0.717) is 26.2 Å². The van der Waals surface area contributed by atoms with E-state index >= 15 is 0 Å². The molecule has 1 heterocycles. The molecule has 1 saturated heterocycles. The first-order valence-electron chi connectivity index (χ1n) is 7.06. The van der Waals surface area contributed by atoms with Crippen molar-refractivity contribution >= 4 is 16.3 Å². The van der Waals surface area contributed by atoms with Gasteiger partial charge in [0.1, 0.15) is 0 Å². The number of likely N-dealkylation sites (N-methyl/N-ethyl adjacent to an activating group) is 1. The Kier molecular flexibility index (Phi) is 6.85. The zero-order valence-electron chi connectivity index (χ0n) is 13.2. The summed E-state index contributed by atoms with van der Waals surface area (Å²) < 4.78 is 32.2. The summed E-state index contributed by atoms with van der Waals surface area (Å²) in [5.41, 5.74) is 0. The highest BCUT2D eigenvalue weighted by Gasteiger charge is 2.27. The molecule has 1 aliphatic heterocycles. The summed E-state index contributed by atoms with van der Waals surface area (Å²) in [6.07, 6.45) is 0.442. The lowest BCUT2D eigenvalue weighted by Crippen LogP contribution is -2.43. The van der Waals surface area contributed by atoms with E-state index in [4.69, 9.17) is 4.74 Å². The number of amides is 1. The maximum absolute atomic E-state index is 11.7. The van der Waals surface area contributed by atoms with E-state index in [9.17, 15) is 13.2 Å². The molecule has 0 aromatic rings. The van der Waals surface area contributed by atoms with E-state index in [1.165, 1.54) is 23.3 Å². The van der Waals surface area contributed by atoms with E-state index < -0.39 is 10.2 Å². The second-order valence-electron chi connectivity index (χ2n) is 5.31. The van der Waals surface area contributed by atoms with Gasteiger partial charge in [-0.25, -0.2) is 4.79 Å². The van der Waals surface area contributed by atoms with Gasteiger partial charge in [-0.05, 0) is 19.9 Å². The average molecular weight is 322 g/mol. The van der Waals surface area contributed by atoms with Crippen LogP contribution in [0.4, 0.5) is 4.79 Å². The van der Waals surface area contributed by atoms with Gasteiger partial charge >= 0.3 is 6.09 Å². The van der Waals surface area contributed by atoms with Crippen LogP contribution in [0.5, 0.6) is 0 Å².